The Morgan fingerprint density at radius 1 is 1.23 bits per heavy atom. The average molecular weight is 393 g/mol. The van der Waals surface area contributed by atoms with E-state index in [9.17, 15) is 15.3 Å². The number of ether oxygens (including phenoxy) is 2. The second-order valence-corrected chi connectivity index (χ2v) is 6.47. The second kappa shape index (κ2) is 5.99. The molecule has 1 fully saturated rings. The maximum absolute atomic E-state index is 10.0. The minimum absolute atomic E-state index is 0.390. The van der Waals surface area contributed by atoms with Crippen LogP contribution >= 0.6 is 27.5 Å². The molecule has 0 radical (unpaired) electrons. The number of nitrogens with one attached hydrogen (secondary N) is 1. The van der Waals surface area contributed by atoms with Crippen molar-refractivity contribution in [1.29, 1.82) is 0 Å². The topological polar surface area (TPSA) is 94.9 Å². The Balaban J connectivity index is 1.92. The van der Waals surface area contributed by atoms with E-state index in [2.05, 4.69) is 20.9 Å². The highest BCUT2D eigenvalue weighted by atomic mass is 79.9. The van der Waals surface area contributed by atoms with Crippen LogP contribution in [0.1, 0.15) is 6.92 Å². The number of aliphatic hydroxyl groups is 3. The molecular weight excluding hydrogens is 378 g/mol. The minimum Gasteiger partial charge on any atom is -0.460 e. The lowest BCUT2D eigenvalue weighted by Gasteiger charge is -2.38. The van der Waals surface area contributed by atoms with Gasteiger partial charge in [-0.15, -0.1) is 0 Å². The van der Waals surface area contributed by atoms with Crippen LogP contribution in [0.25, 0.3) is 10.9 Å². The molecule has 1 aromatic carbocycles. The number of benzene rings is 1. The van der Waals surface area contributed by atoms with Crippen molar-refractivity contribution in [2.24, 2.45) is 0 Å². The number of aromatic amines is 1. The van der Waals surface area contributed by atoms with Crippen LogP contribution in [0.15, 0.2) is 22.8 Å². The largest absolute Gasteiger partial charge is 0.460 e. The Hall–Kier alpha value is -0.830. The number of fused-ring (bicyclic) bond motifs is 1. The quantitative estimate of drug-likeness (QED) is 0.625. The second-order valence-electron chi connectivity index (χ2n) is 5.24. The smallest absolute Gasteiger partial charge is 0.229 e. The van der Waals surface area contributed by atoms with E-state index in [4.69, 9.17) is 21.1 Å². The van der Waals surface area contributed by atoms with Crippen molar-refractivity contribution >= 4 is 38.4 Å². The molecule has 1 aliphatic heterocycles. The molecule has 3 rings (SSSR count). The zero-order chi connectivity index (χ0) is 16.0. The molecule has 0 unspecified atom stereocenters. The minimum atomic E-state index is -1.37. The zero-order valence-corrected chi connectivity index (χ0v) is 13.9. The predicted octanol–water partition coefficient (Wildman–Crippen LogP) is 1.79. The number of hydrogen-bond acceptors (Lipinski definition) is 5. The van der Waals surface area contributed by atoms with Crippen LogP contribution < -0.4 is 4.74 Å². The Kier molecular flexibility index (Phi) is 4.37. The molecule has 0 bridgehead atoms. The average Bonchev–Trinajstić information content (AvgIpc) is 2.90. The van der Waals surface area contributed by atoms with Crippen LogP contribution in [0.4, 0.5) is 0 Å². The third-order valence-corrected chi connectivity index (χ3v) is 5.03. The molecule has 0 saturated carbocycles. The number of aliphatic hydroxyl groups excluding tert-OH is 3. The molecule has 1 aliphatic rings. The first-order chi connectivity index (χ1) is 10.4. The van der Waals surface area contributed by atoms with Crippen molar-refractivity contribution in [3.8, 4) is 5.75 Å². The lowest BCUT2D eigenvalue weighted by Crippen LogP contribution is -2.58. The molecule has 1 saturated heterocycles. The molecule has 2 heterocycles. The fourth-order valence-corrected chi connectivity index (χ4v) is 3.04. The number of hydrogen-bond donors (Lipinski definition) is 4. The first-order valence-corrected chi connectivity index (χ1v) is 7.88. The third kappa shape index (κ3) is 2.62. The molecule has 8 heteroatoms. The molecule has 0 spiro atoms. The van der Waals surface area contributed by atoms with Gasteiger partial charge < -0.3 is 29.8 Å². The molecule has 0 amide bonds. The van der Waals surface area contributed by atoms with Gasteiger partial charge in [-0.2, -0.15) is 0 Å². The Bertz CT molecular complexity index is 693. The highest BCUT2D eigenvalue weighted by molar-refractivity contribution is 9.10. The van der Waals surface area contributed by atoms with Crippen LogP contribution in [0, 0.1) is 0 Å². The maximum atomic E-state index is 10.0. The van der Waals surface area contributed by atoms with Crippen LogP contribution in [-0.2, 0) is 4.74 Å². The SMILES string of the molecule is C[C@@H]1O[C@H](Oc2c[nH]c3ccc(Br)c(Cl)c23)[C@@H](O)[C@H](O)[C@@H]1O. The van der Waals surface area contributed by atoms with Crippen LogP contribution in [-0.4, -0.2) is 51.0 Å². The summed E-state index contributed by atoms with van der Waals surface area (Å²) in [5, 5.41) is 30.6. The van der Waals surface area contributed by atoms with Crippen molar-refractivity contribution in [2.45, 2.75) is 37.6 Å². The van der Waals surface area contributed by atoms with Crippen LogP contribution in [0.5, 0.6) is 5.75 Å². The van der Waals surface area contributed by atoms with Gasteiger partial charge in [0.15, 0.2) is 0 Å². The third-order valence-electron chi connectivity index (χ3n) is 3.75. The summed E-state index contributed by atoms with van der Waals surface area (Å²) in [6, 6.07) is 3.64. The van der Waals surface area contributed by atoms with Gasteiger partial charge in [0.1, 0.15) is 24.1 Å². The van der Waals surface area contributed by atoms with Crippen molar-refractivity contribution < 1.29 is 24.8 Å². The molecule has 0 aliphatic carbocycles. The lowest BCUT2D eigenvalue weighted by atomic mass is 10.00. The maximum Gasteiger partial charge on any atom is 0.229 e. The molecule has 2 aromatic rings. The molecule has 4 N–H and O–H groups in total. The lowest BCUT2D eigenvalue weighted by molar-refractivity contribution is -0.267. The van der Waals surface area contributed by atoms with Gasteiger partial charge in [0.25, 0.3) is 0 Å². The van der Waals surface area contributed by atoms with E-state index < -0.39 is 30.7 Å². The van der Waals surface area contributed by atoms with Gasteiger partial charge in [-0.05, 0) is 35.0 Å². The molecule has 6 nitrogen and oxygen atoms in total. The van der Waals surface area contributed by atoms with Crippen LogP contribution in [0.2, 0.25) is 5.02 Å². The van der Waals surface area contributed by atoms with Gasteiger partial charge in [-0.25, -0.2) is 0 Å². The highest BCUT2D eigenvalue weighted by Gasteiger charge is 2.43. The summed E-state index contributed by atoms with van der Waals surface area (Å²) in [5.74, 6) is 0.390. The Labute approximate surface area is 139 Å². The van der Waals surface area contributed by atoms with Crippen molar-refractivity contribution in [2.75, 3.05) is 0 Å². The summed E-state index contributed by atoms with van der Waals surface area (Å²) in [5.41, 5.74) is 0.766. The van der Waals surface area contributed by atoms with Gasteiger partial charge in [-0.1, -0.05) is 11.6 Å². The van der Waals surface area contributed by atoms with Gasteiger partial charge >= 0.3 is 0 Å². The Morgan fingerprint density at radius 3 is 2.68 bits per heavy atom. The van der Waals surface area contributed by atoms with Gasteiger partial charge in [0, 0.05) is 10.7 Å². The van der Waals surface area contributed by atoms with Gasteiger partial charge in [0.2, 0.25) is 6.29 Å². The van der Waals surface area contributed by atoms with E-state index in [0.29, 0.717) is 20.6 Å². The monoisotopic (exact) mass is 391 g/mol. The molecular formula is C14H15BrClNO5. The summed E-state index contributed by atoms with van der Waals surface area (Å²) < 4.78 is 11.8. The summed E-state index contributed by atoms with van der Waals surface area (Å²) >= 11 is 9.61. The molecule has 22 heavy (non-hydrogen) atoms. The molecule has 120 valence electrons. The van der Waals surface area contributed by atoms with Gasteiger partial charge in [0.05, 0.1) is 22.0 Å². The summed E-state index contributed by atoms with van der Waals surface area (Å²) in [7, 11) is 0. The summed E-state index contributed by atoms with van der Waals surface area (Å²) in [6.45, 7) is 1.59. The van der Waals surface area contributed by atoms with E-state index in [1.54, 1.807) is 19.2 Å². The van der Waals surface area contributed by atoms with E-state index >= 15 is 0 Å². The van der Waals surface area contributed by atoms with Crippen molar-refractivity contribution in [3.05, 3.63) is 27.8 Å². The fourth-order valence-electron chi connectivity index (χ4n) is 2.46. The Morgan fingerprint density at radius 2 is 1.95 bits per heavy atom. The highest BCUT2D eigenvalue weighted by Crippen LogP contribution is 2.38. The van der Waals surface area contributed by atoms with E-state index in [0.717, 1.165) is 5.52 Å². The summed E-state index contributed by atoms with van der Waals surface area (Å²) in [6.07, 6.45) is -4.07. The van der Waals surface area contributed by atoms with E-state index in [1.807, 2.05) is 6.07 Å². The fraction of sp³-hybridized carbons (Fsp3) is 0.429. The van der Waals surface area contributed by atoms with Crippen molar-refractivity contribution in [1.82, 2.24) is 4.98 Å². The van der Waals surface area contributed by atoms with E-state index in [1.165, 1.54) is 0 Å². The number of rotatable bonds is 2. The normalized spacial score (nSPS) is 32.4. The number of aromatic nitrogens is 1. The standard InChI is InChI=1S/C14H15BrClNO5/c1-5-11(18)12(19)13(20)14(21-5)22-8-4-17-7-3-2-6(15)10(16)9(7)8/h2-5,11-14,17-20H,1H3/t5-,11+,12+,13-,14+/m0/s1. The van der Waals surface area contributed by atoms with Crippen molar-refractivity contribution in [3.63, 3.8) is 0 Å². The van der Waals surface area contributed by atoms with Gasteiger partial charge in [-0.3, -0.25) is 0 Å². The molecule has 5 atom stereocenters. The number of halogens is 2. The molecule has 1 aromatic heterocycles. The zero-order valence-electron chi connectivity index (χ0n) is 11.5. The first-order valence-electron chi connectivity index (χ1n) is 6.71. The predicted molar refractivity (Wildman–Crippen MR) is 84.0 cm³/mol. The first kappa shape index (κ1) is 16.0. The van der Waals surface area contributed by atoms with E-state index in [-0.39, 0.29) is 0 Å². The van der Waals surface area contributed by atoms with Crippen LogP contribution in [0.3, 0.4) is 0 Å². The number of H-pyrrole nitrogens is 1. The summed E-state index contributed by atoms with van der Waals surface area (Å²) in [4.78, 5) is 3.01.